The Kier molecular flexibility index (Phi) is 6.82. The molecule has 0 amide bonds. The monoisotopic (exact) mass is 460 g/mol. The molecule has 1 fully saturated rings. The summed E-state index contributed by atoms with van der Waals surface area (Å²) in [6.07, 6.45) is 11.0. The number of anilines is 1. The molecule has 31 heavy (non-hydrogen) atoms. The van der Waals surface area contributed by atoms with Crippen LogP contribution in [0.15, 0.2) is 29.6 Å². The number of hydrogen-bond donors (Lipinski definition) is 0. The molecule has 8 heteroatoms. The molecule has 0 spiro atoms. The lowest BCUT2D eigenvalue weighted by Gasteiger charge is -2.33. The highest BCUT2D eigenvalue weighted by Gasteiger charge is 2.27. The van der Waals surface area contributed by atoms with Gasteiger partial charge >= 0.3 is 0 Å². The first-order valence-electron chi connectivity index (χ1n) is 10.7. The zero-order valence-corrected chi connectivity index (χ0v) is 20.1. The summed E-state index contributed by atoms with van der Waals surface area (Å²) in [5.41, 5.74) is 2.26. The molecule has 0 bridgehead atoms. The lowest BCUT2D eigenvalue weighted by Crippen LogP contribution is -2.34. The van der Waals surface area contributed by atoms with Crippen molar-refractivity contribution in [2.45, 2.75) is 37.6 Å². The number of thioether (sulfide) groups is 1. The summed E-state index contributed by atoms with van der Waals surface area (Å²) in [6, 6.07) is 3.56. The van der Waals surface area contributed by atoms with E-state index < -0.39 is 0 Å². The fourth-order valence-corrected chi connectivity index (χ4v) is 4.98. The molecule has 4 rings (SSSR count). The van der Waals surface area contributed by atoms with Crippen molar-refractivity contribution >= 4 is 34.8 Å². The van der Waals surface area contributed by atoms with Gasteiger partial charge in [0.1, 0.15) is 28.0 Å². The Morgan fingerprint density at radius 3 is 2.48 bits per heavy atom. The Bertz CT molecular complexity index is 1040. The van der Waals surface area contributed by atoms with Gasteiger partial charge in [-0.25, -0.2) is 4.98 Å². The third-order valence-corrected chi connectivity index (χ3v) is 6.76. The molecule has 0 aliphatic heterocycles. The Hall–Kier alpha value is -2.12. The minimum Gasteiger partial charge on any atom is -0.496 e. The van der Waals surface area contributed by atoms with E-state index >= 15 is 0 Å². The van der Waals surface area contributed by atoms with Gasteiger partial charge in [0.15, 0.2) is 5.65 Å². The van der Waals surface area contributed by atoms with E-state index in [0.717, 1.165) is 53.2 Å². The molecule has 2 heterocycles. The Balaban J connectivity index is 1.91. The van der Waals surface area contributed by atoms with Gasteiger partial charge in [-0.05, 0) is 43.6 Å². The topological polar surface area (TPSA) is 51.9 Å². The molecule has 3 aromatic rings. The van der Waals surface area contributed by atoms with Crippen molar-refractivity contribution in [2.75, 3.05) is 38.5 Å². The molecule has 6 nitrogen and oxygen atoms in total. The number of imidazole rings is 1. The molecule has 1 saturated carbocycles. The highest BCUT2D eigenvalue weighted by molar-refractivity contribution is 7.98. The van der Waals surface area contributed by atoms with Crippen LogP contribution in [0, 0.1) is 5.92 Å². The summed E-state index contributed by atoms with van der Waals surface area (Å²) in [4.78, 5) is 12.2. The lowest BCUT2D eigenvalue weighted by molar-refractivity contribution is 0.316. The van der Waals surface area contributed by atoms with Crippen LogP contribution in [0.5, 0.6) is 11.5 Å². The van der Waals surface area contributed by atoms with Crippen LogP contribution >= 0.6 is 23.4 Å². The van der Waals surface area contributed by atoms with Crippen LogP contribution in [-0.4, -0.2) is 47.9 Å². The molecule has 2 aromatic heterocycles. The Morgan fingerprint density at radius 2 is 1.94 bits per heavy atom. The summed E-state index contributed by atoms with van der Waals surface area (Å²) in [5.74, 6) is 3.14. The molecule has 0 saturated heterocycles. The second-order valence-electron chi connectivity index (χ2n) is 7.84. The summed E-state index contributed by atoms with van der Waals surface area (Å²) in [5, 5.41) is 1.56. The second kappa shape index (κ2) is 9.57. The van der Waals surface area contributed by atoms with Crippen molar-refractivity contribution in [1.29, 1.82) is 0 Å². The van der Waals surface area contributed by atoms with E-state index in [-0.39, 0.29) is 0 Å². The van der Waals surface area contributed by atoms with Crippen LogP contribution in [0.4, 0.5) is 5.82 Å². The van der Waals surface area contributed by atoms with Crippen molar-refractivity contribution < 1.29 is 9.47 Å². The van der Waals surface area contributed by atoms with Gasteiger partial charge in [0, 0.05) is 30.5 Å². The highest BCUT2D eigenvalue weighted by atomic mass is 35.5. The highest BCUT2D eigenvalue weighted by Crippen LogP contribution is 2.43. The second-order valence-corrected chi connectivity index (χ2v) is 9.07. The summed E-state index contributed by atoms with van der Waals surface area (Å²) in [7, 11) is 3.25. The fourth-order valence-electron chi connectivity index (χ4n) is 4.20. The number of methoxy groups -OCH3 is 2. The van der Waals surface area contributed by atoms with Crippen LogP contribution in [-0.2, 0) is 0 Å². The molecule has 1 aliphatic rings. The molecule has 0 N–H and O–H groups in total. The Labute approximate surface area is 192 Å². The maximum Gasteiger partial charge on any atom is 0.166 e. The predicted octanol–water partition coefficient (Wildman–Crippen LogP) is 5.81. The first-order chi connectivity index (χ1) is 15.1. The van der Waals surface area contributed by atoms with Crippen molar-refractivity contribution in [1.82, 2.24) is 14.4 Å². The van der Waals surface area contributed by atoms with Gasteiger partial charge in [0.2, 0.25) is 0 Å². The maximum absolute atomic E-state index is 6.27. The van der Waals surface area contributed by atoms with E-state index in [1.54, 1.807) is 38.1 Å². The minimum atomic E-state index is 0.549. The standard InChI is InChI=1S/C23H29ClN4O2S/c1-5-10-27(14-15-7-6-8-15)23-22(31-4)26-21-20(25-9-11-28(21)23)19-17(29-2)12-16(24)13-18(19)30-3/h9,11-13,15H,5-8,10,14H2,1-4H3. The number of aromatic nitrogens is 3. The van der Waals surface area contributed by atoms with Gasteiger partial charge in [0.25, 0.3) is 0 Å². The number of rotatable bonds is 9. The molecule has 0 unspecified atom stereocenters. The van der Waals surface area contributed by atoms with Gasteiger partial charge in [-0.15, -0.1) is 11.8 Å². The lowest BCUT2D eigenvalue weighted by atomic mass is 9.85. The maximum atomic E-state index is 6.27. The largest absolute Gasteiger partial charge is 0.496 e. The molecular formula is C23H29ClN4O2S. The number of ether oxygens (including phenoxy) is 2. The van der Waals surface area contributed by atoms with Crippen LogP contribution in [0.1, 0.15) is 32.6 Å². The van der Waals surface area contributed by atoms with Crippen LogP contribution in [0.25, 0.3) is 16.9 Å². The molecular weight excluding hydrogens is 432 g/mol. The van der Waals surface area contributed by atoms with E-state index in [1.807, 2.05) is 12.4 Å². The SMILES string of the molecule is CCCN(CC1CCC1)c1c(SC)nc2c(-c3c(OC)cc(Cl)cc3OC)nccn12. The van der Waals surface area contributed by atoms with Crippen molar-refractivity contribution in [3.05, 3.63) is 29.5 Å². The summed E-state index contributed by atoms with van der Waals surface area (Å²) in [6.45, 7) is 4.30. The fraction of sp³-hybridized carbons (Fsp3) is 0.478. The van der Waals surface area contributed by atoms with Crippen molar-refractivity contribution in [2.24, 2.45) is 5.92 Å². The van der Waals surface area contributed by atoms with Crippen LogP contribution in [0.2, 0.25) is 5.02 Å². The number of benzene rings is 1. The summed E-state index contributed by atoms with van der Waals surface area (Å²) >= 11 is 7.94. The van der Waals surface area contributed by atoms with E-state index in [1.165, 1.54) is 19.3 Å². The first kappa shape index (κ1) is 22.1. The average molecular weight is 461 g/mol. The normalized spacial score (nSPS) is 14.0. The van der Waals surface area contributed by atoms with Gasteiger partial charge in [-0.1, -0.05) is 24.9 Å². The van der Waals surface area contributed by atoms with Gasteiger partial charge in [0.05, 0.1) is 19.8 Å². The third-order valence-electron chi connectivity index (χ3n) is 5.88. The van der Waals surface area contributed by atoms with Crippen LogP contribution < -0.4 is 14.4 Å². The zero-order valence-electron chi connectivity index (χ0n) is 18.5. The zero-order chi connectivity index (χ0) is 22.0. The average Bonchev–Trinajstić information content (AvgIpc) is 3.13. The molecule has 1 aliphatic carbocycles. The van der Waals surface area contributed by atoms with E-state index in [0.29, 0.717) is 16.5 Å². The van der Waals surface area contributed by atoms with Gasteiger partial charge < -0.3 is 14.4 Å². The molecule has 166 valence electrons. The number of nitrogens with zero attached hydrogens (tertiary/aromatic N) is 4. The predicted molar refractivity (Wildman–Crippen MR) is 128 cm³/mol. The third kappa shape index (κ3) is 4.17. The van der Waals surface area contributed by atoms with Gasteiger partial charge in [-0.2, -0.15) is 0 Å². The van der Waals surface area contributed by atoms with E-state index in [2.05, 4.69) is 22.5 Å². The molecule has 0 atom stereocenters. The first-order valence-corrected chi connectivity index (χ1v) is 12.3. The van der Waals surface area contributed by atoms with Crippen molar-refractivity contribution in [3.63, 3.8) is 0 Å². The number of hydrogen-bond acceptors (Lipinski definition) is 6. The molecule has 0 radical (unpaired) electrons. The smallest absolute Gasteiger partial charge is 0.166 e. The summed E-state index contributed by atoms with van der Waals surface area (Å²) < 4.78 is 13.4. The van der Waals surface area contributed by atoms with E-state index in [4.69, 9.17) is 31.0 Å². The minimum absolute atomic E-state index is 0.549. The quantitative estimate of drug-likeness (QED) is 0.376. The Morgan fingerprint density at radius 1 is 1.23 bits per heavy atom. The molecule has 1 aromatic carbocycles. The van der Waals surface area contributed by atoms with Crippen LogP contribution in [0.3, 0.4) is 0 Å². The number of fused-ring (bicyclic) bond motifs is 1. The van der Waals surface area contributed by atoms with Gasteiger partial charge in [-0.3, -0.25) is 9.38 Å². The number of halogens is 1. The van der Waals surface area contributed by atoms with Crippen molar-refractivity contribution in [3.8, 4) is 22.8 Å². The van der Waals surface area contributed by atoms with E-state index in [9.17, 15) is 0 Å².